The Morgan fingerprint density at radius 3 is 2.29 bits per heavy atom. The van der Waals surface area contributed by atoms with Crippen molar-refractivity contribution in [3.63, 3.8) is 0 Å². The van der Waals surface area contributed by atoms with Gasteiger partial charge in [0.05, 0.1) is 10.0 Å². The van der Waals surface area contributed by atoms with E-state index in [0.29, 0.717) is 47.1 Å². The zero-order chi connectivity index (χ0) is 30.1. The van der Waals surface area contributed by atoms with Gasteiger partial charge in [0, 0.05) is 29.7 Å². The van der Waals surface area contributed by atoms with Crippen LogP contribution in [0.2, 0.25) is 15.1 Å². The molecule has 0 unspecified atom stereocenters. The third kappa shape index (κ3) is 8.42. The van der Waals surface area contributed by atoms with E-state index in [4.69, 9.17) is 54.2 Å². The van der Waals surface area contributed by atoms with Crippen molar-refractivity contribution in [3.05, 3.63) is 98.0 Å². The van der Waals surface area contributed by atoms with E-state index in [9.17, 15) is 4.79 Å². The lowest BCUT2D eigenvalue weighted by Crippen LogP contribution is -2.39. The first-order valence-corrected chi connectivity index (χ1v) is 14.8. The van der Waals surface area contributed by atoms with Crippen LogP contribution >= 0.6 is 34.8 Å². The van der Waals surface area contributed by atoms with Crippen LogP contribution in [-0.2, 0) is 16.1 Å². The van der Waals surface area contributed by atoms with E-state index in [1.54, 1.807) is 0 Å². The Balaban J connectivity index is 0.00000129. The number of aryl methyl sites for hydroxylation is 1. The lowest BCUT2D eigenvalue weighted by atomic mass is 9.93. The molecule has 1 amide bonds. The zero-order valence-electron chi connectivity index (χ0n) is 23.2. The number of carbonyl (C=O) groups excluding carboxylic acids is 1. The largest absolute Gasteiger partial charge is 0.490 e. The summed E-state index contributed by atoms with van der Waals surface area (Å²) >= 11 is 18.9. The highest BCUT2D eigenvalue weighted by Crippen LogP contribution is 2.35. The fraction of sp³-hybridized carbons (Fsp3) is 0.312. The van der Waals surface area contributed by atoms with Crippen molar-refractivity contribution in [1.29, 1.82) is 0 Å². The van der Waals surface area contributed by atoms with Crippen molar-refractivity contribution in [1.82, 2.24) is 10.2 Å². The van der Waals surface area contributed by atoms with Gasteiger partial charge >= 0.3 is 0 Å². The van der Waals surface area contributed by atoms with E-state index in [2.05, 4.69) is 5.32 Å². The first-order chi connectivity index (χ1) is 20.3. The minimum absolute atomic E-state index is 0.0884. The third-order valence-electron chi connectivity index (χ3n) is 6.97. The summed E-state index contributed by atoms with van der Waals surface area (Å²) in [5.74, 6) is 1.28. The predicted molar refractivity (Wildman–Crippen MR) is 167 cm³/mol. The molecule has 3 aromatic carbocycles. The number of halogens is 3. The monoisotopic (exact) mass is 630 g/mol. The minimum Gasteiger partial charge on any atom is -0.490 e. The third-order valence-corrected chi connectivity index (χ3v) is 7.90. The van der Waals surface area contributed by atoms with Crippen LogP contribution in [0, 0.1) is 6.92 Å². The smallest absolute Gasteiger partial charge is 0.290 e. The molecule has 1 aliphatic carbocycles. The zero-order valence-corrected chi connectivity index (χ0v) is 25.5. The Labute approximate surface area is 261 Å². The number of rotatable bonds is 10. The molecule has 5 rings (SSSR count). The van der Waals surface area contributed by atoms with Gasteiger partial charge in [-0.3, -0.25) is 9.59 Å². The molecule has 1 heterocycles. The SMILES string of the molecule is Cc1cc(Cl)c(OCCOc2ccc(C3=C(C(=O)N(Cc4ccccc4Cl)C4CC4)CNCC3)cc2)c(Cl)c1.O=CO. The van der Waals surface area contributed by atoms with Crippen molar-refractivity contribution < 1.29 is 24.2 Å². The molecular weight excluding hydrogens is 599 g/mol. The van der Waals surface area contributed by atoms with Crippen LogP contribution in [0.3, 0.4) is 0 Å². The lowest BCUT2D eigenvalue weighted by Gasteiger charge is -2.28. The summed E-state index contributed by atoms with van der Waals surface area (Å²) in [5, 5.41) is 11.9. The molecule has 0 saturated heterocycles. The van der Waals surface area contributed by atoms with E-state index in [-0.39, 0.29) is 18.4 Å². The van der Waals surface area contributed by atoms with Gasteiger partial charge in [-0.25, -0.2) is 0 Å². The van der Waals surface area contributed by atoms with E-state index in [1.807, 2.05) is 72.5 Å². The maximum Gasteiger partial charge on any atom is 0.290 e. The average Bonchev–Trinajstić information content (AvgIpc) is 3.82. The van der Waals surface area contributed by atoms with Crippen molar-refractivity contribution in [2.24, 2.45) is 0 Å². The van der Waals surface area contributed by atoms with Gasteiger partial charge in [-0.05, 0) is 85.3 Å². The molecule has 2 N–H and O–H groups in total. The molecule has 3 aromatic rings. The normalized spacial score (nSPS) is 14.5. The van der Waals surface area contributed by atoms with Crippen LogP contribution in [0.1, 0.15) is 36.0 Å². The number of hydrogen-bond acceptors (Lipinski definition) is 5. The summed E-state index contributed by atoms with van der Waals surface area (Å²) in [6.45, 7) is 4.24. The molecule has 1 aliphatic heterocycles. The first-order valence-electron chi connectivity index (χ1n) is 13.7. The molecule has 222 valence electrons. The summed E-state index contributed by atoms with van der Waals surface area (Å²) in [6.07, 6.45) is 2.85. The number of nitrogens with one attached hydrogen (secondary N) is 1. The number of amides is 1. The van der Waals surface area contributed by atoms with Gasteiger partial charge in [-0.15, -0.1) is 0 Å². The number of hydrogen-bond donors (Lipinski definition) is 2. The molecule has 42 heavy (non-hydrogen) atoms. The van der Waals surface area contributed by atoms with Crippen LogP contribution in [0.15, 0.2) is 66.2 Å². The molecule has 2 aliphatic rings. The fourth-order valence-corrected chi connectivity index (χ4v) is 5.72. The molecule has 0 atom stereocenters. The van der Waals surface area contributed by atoms with Gasteiger partial charge in [0.25, 0.3) is 12.4 Å². The molecule has 7 nitrogen and oxygen atoms in total. The summed E-state index contributed by atoms with van der Waals surface area (Å²) < 4.78 is 11.6. The minimum atomic E-state index is -0.250. The van der Waals surface area contributed by atoms with Crippen molar-refractivity contribution in [3.8, 4) is 11.5 Å². The van der Waals surface area contributed by atoms with Crippen molar-refractivity contribution in [2.45, 2.75) is 38.8 Å². The Morgan fingerprint density at radius 1 is 1.00 bits per heavy atom. The van der Waals surface area contributed by atoms with Crippen molar-refractivity contribution in [2.75, 3.05) is 26.3 Å². The van der Waals surface area contributed by atoms with Crippen LogP contribution in [0.25, 0.3) is 5.57 Å². The van der Waals surface area contributed by atoms with E-state index in [1.165, 1.54) is 0 Å². The molecule has 0 spiro atoms. The number of benzene rings is 3. The molecule has 0 aromatic heterocycles. The van der Waals surface area contributed by atoms with Gasteiger partial charge in [0.2, 0.25) is 0 Å². The summed E-state index contributed by atoms with van der Waals surface area (Å²) in [7, 11) is 0. The lowest BCUT2D eigenvalue weighted by molar-refractivity contribution is -0.128. The Hall–Kier alpha value is -3.23. The molecular formula is C32H33Cl3N2O5. The standard InChI is InChI=1S/C31H31Cl3N2O3.CH2O2/c1-20-16-28(33)30(29(34)17-20)39-15-14-38-24-10-6-21(7-11-24)25-12-13-35-18-26(25)31(37)36(23-8-9-23)19-22-4-2-3-5-27(22)32;2-1-3/h2-7,10-11,16-17,23,35H,8-9,12-15,18-19H2,1H3;1H,(H,2,3). The Morgan fingerprint density at radius 2 is 1.64 bits per heavy atom. The second-order valence-electron chi connectivity index (χ2n) is 10.0. The van der Waals surface area contributed by atoms with Gasteiger partial charge in [-0.2, -0.15) is 0 Å². The highest BCUT2D eigenvalue weighted by molar-refractivity contribution is 6.37. The van der Waals surface area contributed by atoms with E-state index < -0.39 is 0 Å². The predicted octanol–water partition coefficient (Wildman–Crippen LogP) is 7.05. The van der Waals surface area contributed by atoms with Crippen LogP contribution in [-0.4, -0.2) is 54.7 Å². The highest BCUT2D eigenvalue weighted by atomic mass is 35.5. The molecule has 1 saturated carbocycles. The number of ether oxygens (including phenoxy) is 2. The summed E-state index contributed by atoms with van der Waals surface area (Å²) in [5.41, 5.74) is 4.90. The van der Waals surface area contributed by atoms with Crippen molar-refractivity contribution >= 4 is 52.8 Å². The molecule has 0 radical (unpaired) electrons. The van der Waals surface area contributed by atoms with Gasteiger partial charge in [0.1, 0.15) is 19.0 Å². The average molecular weight is 632 g/mol. The van der Waals surface area contributed by atoms with Crippen LogP contribution < -0.4 is 14.8 Å². The number of nitrogens with zero attached hydrogens (tertiary/aromatic N) is 1. The second-order valence-corrected chi connectivity index (χ2v) is 11.2. The Bertz CT molecular complexity index is 1400. The maximum absolute atomic E-state index is 13.8. The van der Waals surface area contributed by atoms with Gasteiger partial charge in [-0.1, -0.05) is 65.1 Å². The van der Waals surface area contributed by atoms with Crippen LogP contribution in [0.5, 0.6) is 11.5 Å². The number of carboxylic acid groups (broad SMARTS) is 1. The van der Waals surface area contributed by atoms with E-state index in [0.717, 1.165) is 59.4 Å². The molecule has 0 bridgehead atoms. The summed E-state index contributed by atoms with van der Waals surface area (Å²) in [4.78, 5) is 24.2. The quantitative estimate of drug-likeness (QED) is 0.184. The highest BCUT2D eigenvalue weighted by Gasteiger charge is 2.35. The fourth-order valence-electron chi connectivity index (χ4n) is 4.82. The summed E-state index contributed by atoms with van der Waals surface area (Å²) in [6, 6.07) is 19.6. The van der Waals surface area contributed by atoms with Gasteiger partial charge in [0.15, 0.2) is 5.75 Å². The number of carbonyl (C=O) groups is 2. The van der Waals surface area contributed by atoms with Gasteiger partial charge < -0.3 is 24.8 Å². The van der Waals surface area contributed by atoms with Crippen LogP contribution in [0.4, 0.5) is 0 Å². The first kappa shape index (κ1) is 31.7. The molecule has 1 fully saturated rings. The molecule has 10 heteroatoms. The topological polar surface area (TPSA) is 88.1 Å². The Kier molecular flexibility index (Phi) is 11.5. The second kappa shape index (κ2) is 15.3. The van der Waals surface area contributed by atoms with E-state index >= 15 is 0 Å². The maximum atomic E-state index is 13.8.